The van der Waals surface area contributed by atoms with E-state index < -0.39 is 0 Å². The Morgan fingerprint density at radius 2 is 1.91 bits per heavy atom. The van der Waals surface area contributed by atoms with E-state index >= 15 is 0 Å². The number of hydrogen-bond acceptors (Lipinski definition) is 7. The van der Waals surface area contributed by atoms with E-state index in [4.69, 9.17) is 9.97 Å². The Bertz CT molecular complexity index is 1250. The maximum absolute atomic E-state index is 9.60. The highest BCUT2D eigenvalue weighted by molar-refractivity contribution is 5.84. The second kappa shape index (κ2) is 10.4. The molecule has 0 radical (unpaired) electrons. The summed E-state index contributed by atoms with van der Waals surface area (Å²) >= 11 is 0. The molecule has 35 heavy (non-hydrogen) atoms. The van der Waals surface area contributed by atoms with Gasteiger partial charge in [0, 0.05) is 43.5 Å². The third-order valence-electron chi connectivity index (χ3n) is 6.69. The lowest BCUT2D eigenvalue weighted by molar-refractivity contribution is 0.262. The van der Waals surface area contributed by atoms with Gasteiger partial charge >= 0.3 is 0 Å². The number of imidazole rings is 1. The molecule has 5 rings (SSSR count). The Morgan fingerprint density at radius 1 is 1.06 bits per heavy atom. The van der Waals surface area contributed by atoms with Gasteiger partial charge in [0.2, 0.25) is 5.95 Å². The number of nitrogens with one attached hydrogen (secondary N) is 1. The molecular weight excluding hydrogens is 438 g/mol. The monoisotopic (exact) mass is 471 g/mol. The molecule has 8 heteroatoms. The van der Waals surface area contributed by atoms with Gasteiger partial charge in [0.1, 0.15) is 0 Å². The van der Waals surface area contributed by atoms with Crippen LogP contribution < -0.4 is 10.2 Å². The Kier molecular flexibility index (Phi) is 6.90. The number of anilines is 2. The van der Waals surface area contributed by atoms with Crippen LogP contribution in [0, 0.1) is 0 Å². The van der Waals surface area contributed by atoms with Crippen LogP contribution in [0.25, 0.3) is 22.4 Å². The van der Waals surface area contributed by atoms with E-state index in [-0.39, 0.29) is 18.7 Å². The fourth-order valence-corrected chi connectivity index (χ4v) is 4.76. The predicted molar refractivity (Wildman–Crippen MR) is 139 cm³/mol. The Balaban J connectivity index is 1.43. The number of aromatic nitrogens is 5. The van der Waals surface area contributed by atoms with Gasteiger partial charge < -0.3 is 19.9 Å². The molecule has 1 saturated heterocycles. The molecule has 0 bridgehead atoms. The highest BCUT2D eigenvalue weighted by atomic mass is 16.3. The van der Waals surface area contributed by atoms with Crippen LogP contribution in [0.5, 0.6) is 0 Å². The molecular formula is C27H33N7O. The van der Waals surface area contributed by atoms with Gasteiger partial charge in [-0.1, -0.05) is 30.3 Å². The predicted octanol–water partition coefficient (Wildman–Crippen LogP) is 4.82. The summed E-state index contributed by atoms with van der Waals surface area (Å²) < 4.78 is 2.10. The van der Waals surface area contributed by atoms with Crippen LogP contribution in [-0.4, -0.2) is 48.8 Å². The summed E-state index contributed by atoms with van der Waals surface area (Å²) in [6.07, 6.45) is 7.73. The molecule has 1 atom stereocenters. The molecule has 4 aromatic rings. The van der Waals surface area contributed by atoms with Crippen molar-refractivity contribution in [3.63, 3.8) is 0 Å². The molecule has 0 saturated carbocycles. The summed E-state index contributed by atoms with van der Waals surface area (Å²) in [7, 11) is 0. The van der Waals surface area contributed by atoms with E-state index in [0.717, 1.165) is 59.6 Å². The molecule has 0 aliphatic carbocycles. The number of fused-ring (bicyclic) bond motifs is 1. The van der Waals surface area contributed by atoms with Crippen molar-refractivity contribution in [2.24, 2.45) is 0 Å². The lowest BCUT2D eigenvalue weighted by atomic mass is 10.0. The van der Waals surface area contributed by atoms with E-state index in [1.54, 1.807) is 0 Å². The molecule has 0 unspecified atom stereocenters. The maximum atomic E-state index is 9.60. The van der Waals surface area contributed by atoms with E-state index in [1.807, 2.05) is 30.7 Å². The third-order valence-corrected chi connectivity index (χ3v) is 6.69. The van der Waals surface area contributed by atoms with E-state index in [1.165, 1.54) is 6.42 Å². The number of piperidine rings is 1. The molecule has 1 aromatic carbocycles. The largest absolute Gasteiger partial charge is 0.396 e. The number of rotatable bonds is 8. The topological polar surface area (TPSA) is 92.0 Å². The molecule has 1 fully saturated rings. The van der Waals surface area contributed by atoms with E-state index in [2.05, 4.69) is 62.9 Å². The first kappa shape index (κ1) is 23.2. The highest BCUT2D eigenvalue weighted by Crippen LogP contribution is 2.29. The molecule has 8 nitrogen and oxygen atoms in total. The van der Waals surface area contributed by atoms with Crippen molar-refractivity contribution in [1.82, 2.24) is 24.5 Å². The van der Waals surface area contributed by atoms with Crippen molar-refractivity contribution in [2.45, 2.75) is 58.2 Å². The van der Waals surface area contributed by atoms with E-state index in [0.29, 0.717) is 12.5 Å². The highest BCUT2D eigenvalue weighted by Gasteiger charge is 2.26. The van der Waals surface area contributed by atoms with Gasteiger partial charge in [-0.15, -0.1) is 0 Å². The first-order chi connectivity index (χ1) is 17.1. The fourth-order valence-electron chi connectivity index (χ4n) is 4.76. The summed E-state index contributed by atoms with van der Waals surface area (Å²) in [5.74, 6) is 1.46. The second-order valence-electron chi connectivity index (χ2n) is 9.41. The van der Waals surface area contributed by atoms with Crippen LogP contribution in [0.3, 0.4) is 0 Å². The Hall–Kier alpha value is -3.52. The van der Waals surface area contributed by atoms with Crippen LogP contribution in [0.4, 0.5) is 11.8 Å². The van der Waals surface area contributed by atoms with Crippen LogP contribution >= 0.6 is 0 Å². The standard InChI is InChI=1S/C27H33N7O/c1-19(2)34-18-30-24-25(29-17-20-9-11-21(12-10-20)23-8-3-5-14-28-23)31-27(32-26(24)34)33-15-6-4-7-22(33)13-16-35/h3,5,8-12,14,18-19,22,35H,4,6-7,13,15-17H2,1-2H3,(H,29,31,32)/t22-/m0/s1. The third kappa shape index (κ3) is 4.98. The molecule has 0 amide bonds. The van der Waals surface area contributed by atoms with Gasteiger partial charge in [-0.05, 0) is 57.2 Å². The zero-order chi connectivity index (χ0) is 24.2. The average molecular weight is 472 g/mol. The first-order valence-electron chi connectivity index (χ1n) is 12.5. The number of hydrogen-bond donors (Lipinski definition) is 2. The van der Waals surface area contributed by atoms with Crippen molar-refractivity contribution < 1.29 is 5.11 Å². The zero-order valence-corrected chi connectivity index (χ0v) is 20.4. The van der Waals surface area contributed by atoms with Crippen molar-refractivity contribution in [2.75, 3.05) is 23.4 Å². The molecule has 3 aromatic heterocycles. The van der Waals surface area contributed by atoms with Crippen LogP contribution in [-0.2, 0) is 6.54 Å². The minimum Gasteiger partial charge on any atom is -0.396 e. The summed E-state index contributed by atoms with van der Waals surface area (Å²) in [5, 5.41) is 13.1. The van der Waals surface area contributed by atoms with Gasteiger partial charge in [-0.3, -0.25) is 4.98 Å². The molecule has 182 valence electrons. The van der Waals surface area contributed by atoms with E-state index in [9.17, 15) is 5.11 Å². The van der Waals surface area contributed by atoms with Gasteiger partial charge in [0.05, 0.1) is 12.0 Å². The maximum Gasteiger partial charge on any atom is 0.229 e. The molecule has 0 spiro atoms. The number of nitrogens with zero attached hydrogens (tertiary/aromatic N) is 6. The number of benzene rings is 1. The molecule has 1 aliphatic rings. The smallest absolute Gasteiger partial charge is 0.229 e. The lowest BCUT2D eigenvalue weighted by Gasteiger charge is -2.35. The summed E-state index contributed by atoms with van der Waals surface area (Å²) in [6, 6.07) is 14.9. The number of aliphatic hydroxyl groups is 1. The average Bonchev–Trinajstić information content (AvgIpc) is 3.33. The fraction of sp³-hybridized carbons (Fsp3) is 0.407. The lowest BCUT2D eigenvalue weighted by Crippen LogP contribution is -2.41. The van der Waals surface area contributed by atoms with Gasteiger partial charge in [0.25, 0.3) is 0 Å². The van der Waals surface area contributed by atoms with Crippen LogP contribution in [0.15, 0.2) is 55.0 Å². The van der Waals surface area contributed by atoms with Crippen molar-refractivity contribution >= 4 is 22.9 Å². The minimum atomic E-state index is 0.174. The van der Waals surface area contributed by atoms with Crippen molar-refractivity contribution in [1.29, 1.82) is 0 Å². The molecule has 2 N–H and O–H groups in total. The van der Waals surface area contributed by atoms with Gasteiger partial charge in [0.15, 0.2) is 17.0 Å². The Labute approximate surface area is 206 Å². The summed E-state index contributed by atoms with van der Waals surface area (Å²) in [4.78, 5) is 21.3. The summed E-state index contributed by atoms with van der Waals surface area (Å²) in [6.45, 7) is 5.97. The van der Waals surface area contributed by atoms with Crippen molar-refractivity contribution in [3.8, 4) is 11.3 Å². The zero-order valence-electron chi connectivity index (χ0n) is 20.4. The number of aliphatic hydroxyl groups excluding tert-OH is 1. The minimum absolute atomic E-state index is 0.174. The Morgan fingerprint density at radius 3 is 2.66 bits per heavy atom. The van der Waals surface area contributed by atoms with Crippen LogP contribution in [0.2, 0.25) is 0 Å². The number of pyridine rings is 1. The molecule has 1 aliphatic heterocycles. The van der Waals surface area contributed by atoms with Gasteiger partial charge in [-0.2, -0.15) is 9.97 Å². The van der Waals surface area contributed by atoms with Gasteiger partial charge in [-0.25, -0.2) is 4.98 Å². The first-order valence-corrected chi connectivity index (χ1v) is 12.5. The second-order valence-corrected chi connectivity index (χ2v) is 9.41. The summed E-state index contributed by atoms with van der Waals surface area (Å²) in [5.41, 5.74) is 4.83. The van der Waals surface area contributed by atoms with Crippen molar-refractivity contribution in [3.05, 3.63) is 60.6 Å². The molecule has 4 heterocycles. The SMILES string of the molecule is CC(C)n1cnc2c(NCc3ccc(-c4ccccn4)cc3)nc(N3CCCC[C@H]3CCO)nc21. The normalized spacial score (nSPS) is 16.2. The van der Waals surface area contributed by atoms with Crippen LogP contribution in [0.1, 0.15) is 51.1 Å². The quantitative estimate of drug-likeness (QED) is 0.380.